The van der Waals surface area contributed by atoms with Gasteiger partial charge in [-0.05, 0) is 67.6 Å². The first kappa shape index (κ1) is 36.7. The molecule has 4 N–H and O–H groups in total. The van der Waals surface area contributed by atoms with E-state index in [0.29, 0.717) is 35.0 Å². The fraction of sp³-hybridized carbons (Fsp3) is 0.333. The zero-order valence-corrected chi connectivity index (χ0v) is 30.0. The maximum atomic E-state index is 12.5. The van der Waals surface area contributed by atoms with Crippen molar-refractivity contribution in [2.24, 2.45) is 5.41 Å². The molecule has 0 saturated carbocycles. The first-order valence-electron chi connectivity index (χ1n) is 16.5. The molecule has 5 aromatic rings. The Hall–Kier alpha value is -5.13. The molecule has 0 saturated heterocycles. The van der Waals surface area contributed by atoms with Crippen molar-refractivity contribution in [2.75, 3.05) is 6.54 Å². The number of fused-ring (bicyclic) bond motifs is 1. The van der Waals surface area contributed by atoms with Gasteiger partial charge in [-0.3, -0.25) is 13.9 Å². The highest BCUT2D eigenvalue weighted by Crippen LogP contribution is 2.57. The number of aromatic nitrogens is 6. The van der Waals surface area contributed by atoms with Crippen LogP contribution in [0.4, 0.5) is 0 Å². The number of para-hydroxylation sites is 1. The van der Waals surface area contributed by atoms with E-state index in [1.165, 1.54) is 10.9 Å². The normalized spacial score (nSPS) is 17.1. The summed E-state index contributed by atoms with van der Waals surface area (Å²) < 4.78 is 40.0. The van der Waals surface area contributed by atoms with Gasteiger partial charge in [0.2, 0.25) is 0 Å². The highest BCUT2D eigenvalue weighted by Gasteiger charge is 2.40. The fourth-order valence-corrected chi connectivity index (χ4v) is 7.75. The summed E-state index contributed by atoms with van der Waals surface area (Å²) in [5.41, 5.74) is 3.17. The van der Waals surface area contributed by atoms with Crippen molar-refractivity contribution in [2.45, 2.75) is 71.0 Å². The SMILES string of the molecule is Cc1ccc(C(OCc2cn(Cc3cccc(Cn4cc(C(=O)O)nn4)c3)nn2)C(C)(C)C(=O)O)cc1CN1CC(C)Oc2ccccc2S1(O)O. The summed E-state index contributed by atoms with van der Waals surface area (Å²) in [7, 11) is -3.39. The predicted molar refractivity (Wildman–Crippen MR) is 190 cm³/mol. The molecule has 3 aromatic carbocycles. The van der Waals surface area contributed by atoms with E-state index < -0.39 is 34.2 Å². The summed E-state index contributed by atoms with van der Waals surface area (Å²) in [5, 5.41) is 35.4. The smallest absolute Gasteiger partial charge is 0.358 e. The molecule has 52 heavy (non-hydrogen) atoms. The molecule has 2 atom stereocenters. The topological polar surface area (TPSA) is 198 Å². The number of ether oxygens (including phenoxy) is 2. The van der Waals surface area contributed by atoms with Crippen LogP contribution in [-0.2, 0) is 35.8 Å². The van der Waals surface area contributed by atoms with E-state index in [2.05, 4.69) is 20.6 Å². The fourth-order valence-electron chi connectivity index (χ4n) is 6.09. The van der Waals surface area contributed by atoms with Gasteiger partial charge in [0.1, 0.15) is 22.4 Å². The Balaban J connectivity index is 1.18. The molecule has 0 bridgehead atoms. The summed E-state index contributed by atoms with van der Waals surface area (Å²) in [4.78, 5) is 24.0. The van der Waals surface area contributed by atoms with Crippen LogP contribution in [0, 0.1) is 12.3 Å². The number of carboxylic acid groups (broad SMARTS) is 2. The second-order valence-electron chi connectivity index (χ2n) is 13.5. The molecule has 15 nitrogen and oxygen atoms in total. The molecular weight excluding hydrogens is 691 g/mol. The van der Waals surface area contributed by atoms with Gasteiger partial charge in [-0.15, -0.1) is 21.0 Å². The van der Waals surface area contributed by atoms with Gasteiger partial charge in [-0.25, -0.2) is 14.2 Å². The van der Waals surface area contributed by atoms with Gasteiger partial charge in [-0.1, -0.05) is 65.0 Å². The first-order chi connectivity index (χ1) is 24.7. The molecule has 3 heterocycles. The van der Waals surface area contributed by atoms with Crippen molar-refractivity contribution in [1.82, 2.24) is 34.3 Å². The minimum Gasteiger partial charge on any atom is -0.487 e. The molecule has 0 aliphatic carbocycles. The number of benzene rings is 3. The van der Waals surface area contributed by atoms with Crippen LogP contribution in [0.5, 0.6) is 5.75 Å². The molecule has 274 valence electrons. The van der Waals surface area contributed by atoms with Gasteiger partial charge in [0, 0.05) is 6.54 Å². The lowest BCUT2D eigenvalue weighted by Gasteiger charge is -2.42. The third-order valence-electron chi connectivity index (χ3n) is 8.94. The second-order valence-corrected chi connectivity index (χ2v) is 15.4. The molecule has 6 rings (SSSR count). The largest absolute Gasteiger partial charge is 0.487 e. The van der Waals surface area contributed by atoms with Crippen LogP contribution < -0.4 is 4.74 Å². The maximum Gasteiger partial charge on any atom is 0.358 e. The molecule has 2 unspecified atom stereocenters. The summed E-state index contributed by atoms with van der Waals surface area (Å²) in [6, 6.07) is 20.2. The van der Waals surface area contributed by atoms with Gasteiger partial charge < -0.3 is 19.7 Å². The molecule has 0 radical (unpaired) electrons. The summed E-state index contributed by atoms with van der Waals surface area (Å²) in [5.74, 6) is -1.75. The monoisotopic (exact) mass is 731 g/mol. The van der Waals surface area contributed by atoms with Crippen molar-refractivity contribution in [3.05, 3.63) is 118 Å². The lowest BCUT2D eigenvalue weighted by molar-refractivity contribution is -0.158. The van der Waals surface area contributed by atoms with E-state index in [1.807, 2.05) is 56.3 Å². The minimum atomic E-state index is -3.39. The number of aliphatic carboxylic acids is 1. The van der Waals surface area contributed by atoms with E-state index in [9.17, 15) is 23.8 Å². The van der Waals surface area contributed by atoms with Crippen LogP contribution in [0.3, 0.4) is 0 Å². The van der Waals surface area contributed by atoms with Gasteiger partial charge in [0.25, 0.3) is 0 Å². The maximum absolute atomic E-state index is 12.5. The van der Waals surface area contributed by atoms with Crippen LogP contribution >= 0.6 is 10.8 Å². The van der Waals surface area contributed by atoms with Crippen molar-refractivity contribution in [3.63, 3.8) is 0 Å². The zero-order chi connectivity index (χ0) is 37.2. The Labute approximate surface area is 301 Å². The molecule has 1 aliphatic rings. The van der Waals surface area contributed by atoms with Crippen molar-refractivity contribution < 1.29 is 38.4 Å². The number of hydrogen-bond donors (Lipinski definition) is 4. The number of rotatable bonds is 13. The van der Waals surface area contributed by atoms with E-state index >= 15 is 0 Å². The highest BCUT2D eigenvalue weighted by atomic mass is 32.3. The van der Waals surface area contributed by atoms with Gasteiger partial charge in [0.05, 0.1) is 50.2 Å². The number of carboxylic acids is 2. The van der Waals surface area contributed by atoms with Crippen molar-refractivity contribution in [3.8, 4) is 5.75 Å². The molecular formula is C36H41N7O8S. The molecule has 0 fully saturated rings. The van der Waals surface area contributed by atoms with Crippen LogP contribution in [0.1, 0.15) is 70.9 Å². The van der Waals surface area contributed by atoms with Gasteiger partial charge >= 0.3 is 11.9 Å². The molecule has 1 aliphatic heterocycles. The third kappa shape index (κ3) is 8.00. The van der Waals surface area contributed by atoms with E-state index in [0.717, 1.165) is 22.3 Å². The number of aromatic carboxylic acids is 1. The van der Waals surface area contributed by atoms with E-state index in [4.69, 9.17) is 14.6 Å². The lowest BCUT2D eigenvalue weighted by Crippen LogP contribution is -2.34. The molecule has 0 spiro atoms. The third-order valence-corrected chi connectivity index (χ3v) is 10.9. The van der Waals surface area contributed by atoms with Crippen LogP contribution in [0.2, 0.25) is 0 Å². The Morgan fingerprint density at radius 1 is 0.942 bits per heavy atom. The van der Waals surface area contributed by atoms with Crippen LogP contribution in [0.25, 0.3) is 0 Å². The minimum absolute atomic E-state index is 0.0128. The Morgan fingerprint density at radius 2 is 1.63 bits per heavy atom. The van der Waals surface area contributed by atoms with E-state index in [1.54, 1.807) is 53.3 Å². The molecule has 2 aromatic heterocycles. The highest BCUT2D eigenvalue weighted by molar-refractivity contribution is 8.22. The van der Waals surface area contributed by atoms with Crippen LogP contribution in [-0.4, -0.2) is 78.2 Å². The van der Waals surface area contributed by atoms with Gasteiger partial charge in [0.15, 0.2) is 5.69 Å². The van der Waals surface area contributed by atoms with Crippen LogP contribution in [0.15, 0.2) is 84.0 Å². The Kier molecular flexibility index (Phi) is 10.5. The average molecular weight is 732 g/mol. The number of nitrogens with zero attached hydrogens (tertiary/aromatic N) is 7. The lowest BCUT2D eigenvalue weighted by atomic mass is 9.81. The molecule has 16 heteroatoms. The second kappa shape index (κ2) is 14.8. The number of aryl methyl sites for hydroxylation is 1. The summed E-state index contributed by atoms with van der Waals surface area (Å²) in [6.07, 6.45) is 1.90. The summed E-state index contributed by atoms with van der Waals surface area (Å²) >= 11 is 0. The van der Waals surface area contributed by atoms with Crippen molar-refractivity contribution in [1.29, 1.82) is 0 Å². The summed E-state index contributed by atoms with van der Waals surface area (Å²) in [6.45, 7) is 8.17. The molecule has 0 amide bonds. The first-order valence-corrected chi connectivity index (χ1v) is 18.0. The van der Waals surface area contributed by atoms with Crippen molar-refractivity contribution >= 4 is 22.7 Å². The Bertz CT molecular complexity index is 2080. The average Bonchev–Trinajstić information content (AvgIpc) is 3.73. The standard InChI is InChI=1S/C36H41N7O8S/c1-23-12-13-27(15-28(23)19-43-16-24(2)51-31-10-5-6-11-32(31)52(43,48)49)33(36(3,4)35(46)47)50-22-29-20-41(39-37-29)17-25-8-7-9-26(14-25)18-42-21-30(34(44)45)38-40-42/h5-15,20-21,24,33,48-49H,16-19,22H2,1-4H3,(H,44,45)(H,46,47). The van der Waals surface area contributed by atoms with Gasteiger partial charge in [-0.2, -0.15) is 4.31 Å². The van der Waals surface area contributed by atoms with E-state index in [-0.39, 0.29) is 31.5 Å². The quantitative estimate of drug-likeness (QED) is 0.116. The number of carbonyl (C=O) groups is 2. The Morgan fingerprint density at radius 3 is 2.33 bits per heavy atom. The number of hydrogen-bond acceptors (Lipinski definition) is 11. The zero-order valence-electron chi connectivity index (χ0n) is 29.2. The predicted octanol–water partition coefficient (Wildman–Crippen LogP) is 5.65.